The van der Waals surface area contributed by atoms with Crippen LogP contribution in [0.3, 0.4) is 0 Å². The molecule has 0 saturated carbocycles. The van der Waals surface area contributed by atoms with Crippen molar-refractivity contribution < 1.29 is 4.74 Å². The predicted molar refractivity (Wildman–Crippen MR) is 84.0 cm³/mol. The Balaban J connectivity index is 2.11. The first-order valence-electron chi connectivity index (χ1n) is 5.98. The summed E-state index contributed by atoms with van der Waals surface area (Å²) in [4.78, 5) is 0. The predicted octanol–water partition coefficient (Wildman–Crippen LogP) is 4.62. The molecule has 0 amide bonds. The van der Waals surface area contributed by atoms with Gasteiger partial charge in [0.2, 0.25) is 0 Å². The fraction of sp³-hybridized carbons (Fsp3) is 0.133. The van der Waals surface area contributed by atoms with E-state index in [1.807, 2.05) is 48.5 Å². The minimum Gasteiger partial charge on any atom is -0.478 e. The van der Waals surface area contributed by atoms with Crippen LogP contribution in [0.2, 0.25) is 5.02 Å². The Hall–Kier alpha value is -1.70. The largest absolute Gasteiger partial charge is 0.478 e. The number of hydrogen-bond acceptors (Lipinski definition) is 3. The summed E-state index contributed by atoms with van der Waals surface area (Å²) in [5.74, 6) is 0.708. The molecular weight excluding hydrogens is 340 g/mol. The number of nitriles is 1. The molecule has 0 atom stereocenters. The molecule has 0 bridgehead atoms. The molecule has 2 aromatic rings. The zero-order valence-electron chi connectivity index (χ0n) is 10.6. The molecule has 3 nitrogen and oxygen atoms in total. The van der Waals surface area contributed by atoms with Crippen LogP contribution in [0.4, 0.5) is 5.69 Å². The molecule has 0 aromatic heterocycles. The molecule has 0 spiro atoms. The van der Waals surface area contributed by atoms with Gasteiger partial charge in [0.25, 0.3) is 0 Å². The fourth-order valence-corrected chi connectivity index (χ4v) is 2.31. The first kappa shape index (κ1) is 14.7. The second-order valence-electron chi connectivity index (χ2n) is 4.01. The Kier molecular flexibility index (Phi) is 5.28. The lowest BCUT2D eigenvalue weighted by Crippen LogP contribution is -2.04. The number of nitrogens with one attached hydrogen (secondary N) is 1. The highest BCUT2D eigenvalue weighted by Gasteiger charge is 2.06. The van der Waals surface area contributed by atoms with Crippen LogP contribution in [-0.4, -0.2) is 6.61 Å². The molecule has 1 N–H and O–H groups in total. The zero-order chi connectivity index (χ0) is 14.4. The SMILES string of the molecule is N#CCOc1ccccc1CNc1cccc(Cl)c1Br. The van der Waals surface area contributed by atoms with Crippen molar-refractivity contribution in [1.82, 2.24) is 0 Å². The first-order valence-corrected chi connectivity index (χ1v) is 7.15. The van der Waals surface area contributed by atoms with E-state index in [1.165, 1.54) is 0 Å². The van der Waals surface area contributed by atoms with E-state index in [1.54, 1.807) is 0 Å². The number of anilines is 1. The van der Waals surface area contributed by atoms with Crippen molar-refractivity contribution in [3.8, 4) is 11.8 Å². The second kappa shape index (κ2) is 7.18. The van der Waals surface area contributed by atoms with Gasteiger partial charge in [-0.3, -0.25) is 0 Å². The number of ether oxygens (including phenoxy) is 1. The Bertz CT molecular complexity index is 640. The Morgan fingerprint density at radius 3 is 2.80 bits per heavy atom. The van der Waals surface area contributed by atoms with E-state index >= 15 is 0 Å². The van der Waals surface area contributed by atoms with E-state index in [9.17, 15) is 0 Å². The third kappa shape index (κ3) is 3.66. The molecule has 0 unspecified atom stereocenters. The molecule has 0 fully saturated rings. The van der Waals surface area contributed by atoms with Crippen molar-refractivity contribution in [1.29, 1.82) is 5.26 Å². The second-order valence-corrected chi connectivity index (χ2v) is 5.21. The average molecular weight is 352 g/mol. The molecule has 20 heavy (non-hydrogen) atoms. The summed E-state index contributed by atoms with van der Waals surface area (Å²) < 4.78 is 6.22. The molecule has 2 aromatic carbocycles. The van der Waals surface area contributed by atoms with E-state index in [2.05, 4.69) is 21.2 Å². The maximum absolute atomic E-state index is 8.58. The third-order valence-electron chi connectivity index (χ3n) is 2.69. The zero-order valence-corrected chi connectivity index (χ0v) is 12.9. The van der Waals surface area contributed by atoms with E-state index in [0.717, 1.165) is 15.7 Å². The first-order chi connectivity index (χ1) is 9.72. The number of para-hydroxylation sites is 1. The highest BCUT2D eigenvalue weighted by Crippen LogP contribution is 2.30. The number of hydrogen-bond donors (Lipinski definition) is 1. The highest BCUT2D eigenvalue weighted by atomic mass is 79.9. The van der Waals surface area contributed by atoms with Gasteiger partial charge in [0.15, 0.2) is 6.61 Å². The average Bonchev–Trinajstić information content (AvgIpc) is 2.47. The number of benzene rings is 2. The van der Waals surface area contributed by atoms with Crippen molar-refractivity contribution in [2.45, 2.75) is 6.54 Å². The summed E-state index contributed by atoms with van der Waals surface area (Å²) in [7, 11) is 0. The monoisotopic (exact) mass is 350 g/mol. The number of halogens is 2. The van der Waals surface area contributed by atoms with Gasteiger partial charge in [-0.25, -0.2) is 0 Å². The standard InChI is InChI=1S/C15H12BrClN2O/c16-15-12(17)5-3-6-13(15)19-10-11-4-1-2-7-14(11)20-9-8-18/h1-7,19H,9-10H2. The summed E-state index contributed by atoms with van der Waals surface area (Å²) in [5.41, 5.74) is 1.89. The molecular formula is C15H12BrClN2O. The van der Waals surface area contributed by atoms with Crippen molar-refractivity contribution in [2.24, 2.45) is 0 Å². The van der Waals surface area contributed by atoms with E-state index < -0.39 is 0 Å². The van der Waals surface area contributed by atoms with E-state index in [4.69, 9.17) is 21.6 Å². The van der Waals surface area contributed by atoms with Crippen LogP contribution < -0.4 is 10.1 Å². The maximum atomic E-state index is 8.58. The summed E-state index contributed by atoms with van der Waals surface area (Å²) in [6, 6.07) is 15.2. The van der Waals surface area contributed by atoms with Crippen LogP contribution in [0.5, 0.6) is 5.75 Å². The molecule has 0 aliphatic heterocycles. The highest BCUT2D eigenvalue weighted by molar-refractivity contribution is 9.10. The summed E-state index contributed by atoms with van der Waals surface area (Å²) in [5, 5.41) is 12.5. The normalized spacial score (nSPS) is 9.85. The smallest absolute Gasteiger partial charge is 0.174 e. The van der Waals surface area contributed by atoms with Gasteiger partial charge in [0, 0.05) is 12.1 Å². The van der Waals surface area contributed by atoms with Crippen LogP contribution in [0.25, 0.3) is 0 Å². The topological polar surface area (TPSA) is 45.0 Å². The minimum atomic E-state index is 0.0396. The van der Waals surface area contributed by atoms with Crippen molar-refractivity contribution in [3.05, 3.63) is 57.5 Å². The molecule has 0 aliphatic rings. The quantitative estimate of drug-likeness (QED) is 0.855. The van der Waals surface area contributed by atoms with Gasteiger partial charge in [-0.2, -0.15) is 5.26 Å². The summed E-state index contributed by atoms with van der Waals surface area (Å²) in [6.45, 7) is 0.623. The van der Waals surface area contributed by atoms with Crippen LogP contribution >= 0.6 is 27.5 Å². The lowest BCUT2D eigenvalue weighted by Gasteiger charge is -2.12. The van der Waals surface area contributed by atoms with E-state index in [0.29, 0.717) is 17.3 Å². The van der Waals surface area contributed by atoms with Gasteiger partial charge >= 0.3 is 0 Å². The van der Waals surface area contributed by atoms with Gasteiger partial charge < -0.3 is 10.1 Å². The number of nitrogens with zero attached hydrogens (tertiary/aromatic N) is 1. The van der Waals surface area contributed by atoms with Crippen LogP contribution in [0, 0.1) is 11.3 Å². The third-order valence-corrected chi connectivity index (χ3v) is 4.08. The minimum absolute atomic E-state index is 0.0396. The molecule has 5 heteroatoms. The molecule has 2 rings (SSSR count). The fourth-order valence-electron chi connectivity index (χ4n) is 1.73. The van der Waals surface area contributed by atoms with Crippen molar-refractivity contribution >= 4 is 33.2 Å². The summed E-state index contributed by atoms with van der Waals surface area (Å²) in [6.07, 6.45) is 0. The van der Waals surface area contributed by atoms with Crippen LogP contribution in [0.15, 0.2) is 46.9 Å². The molecule has 0 saturated heterocycles. The van der Waals surface area contributed by atoms with Gasteiger partial charge in [0.1, 0.15) is 11.8 Å². The molecule has 0 radical (unpaired) electrons. The van der Waals surface area contributed by atoms with Gasteiger partial charge in [-0.05, 0) is 34.1 Å². The summed E-state index contributed by atoms with van der Waals surface area (Å²) >= 11 is 9.49. The van der Waals surface area contributed by atoms with Crippen molar-refractivity contribution in [3.63, 3.8) is 0 Å². The molecule has 0 heterocycles. The Morgan fingerprint density at radius 1 is 1.20 bits per heavy atom. The Labute approximate surface area is 131 Å². The lowest BCUT2D eigenvalue weighted by atomic mass is 10.2. The van der Waals surface area contributed by atoms with Gasteiger partial charge in [-0.15, -0.1) is 0 Å². The van der Waals surface area contributed by atoms with Gasteiger partial charge in [-0.1, -0.05) is 35.9 Å². The van der Waals surface area contributed by atoms with Crippen LogP contribution in [-0.2, 0) is 6.54 Å². The number of rotatable bonds is 5. The van der Waals surface area contributed by atoms with Crippen LogP contribution in [0.1, 0.15) is 5.56 Å². The van der Waals surface area contributed by atoms with Crippen molar-refractivity contribution in [2.75, 3.05) is 11.9 Å². The lowest BCUT2D eigenvalue weighted by molar-refractivity contribution is 0.364. The molecule has 102 valence electrons. The van der Waals surface area contributed by atoms with E-state index in [-0.39, 0.29) is 6.61 Å². The molecule has 0 aliphatic carbocycles. The maximum Gasteiger partial charge on any atom is 0.174 e. The van der Waals surface area contributed by atoms with Gasteiger partial charge in [0.05, 0.1) is 15.2 Å². The Morgan fingerprint density at radius 2 is 2.00 bits per heavy atom.